The lowest BCUT2D eigenvalue weighted by atomic mass is 9.92. The molecule has 0 saturated heterocycles. The van der Waals surface area contributed by atoms with Crippen LogP contribution in [0.3, 0.4) is 0 Å². The van der Waals surface area contributed by atoms with Crippen LogP contribution in [0.5, 0.6) is 0 Å². The van der Waals surface area contributed by atoms with Gasteiger partial charge in [-0.3, -0.25) is 0 Å². The fraction of sp³-hybridized carbons (Fsp3) is 0. The van der Waals surface area contributed by atoms with E-state index in [1.807, 2.05) is 18.2 Å². The Morgan fingerprint density at radius 3 is 1.25 bits per heavy atom. The van der Waals surface area contributed by atoms with Crippen molar-refractivity contribution in [1.82, 2.24) is 19.5 Å². The number of benzene rings is 12. The molecule has 0 atom stereocenters. The summed E-state index contributed by atoms with van der Waals surface area (Å²) >= 11 is 0. The molecule has 0 saturated carbocycles. The number of hydrogen-bond donors (Lipinski definition) is 0. The van der Waals surface area contributed by atoms with Crippen LogP contribution in [0, 0.1) is 0 Å². The predicted molar refractivity (Wildman–Crippen MR) is 332 cm³/mol. The van der Waals surface area contributed by atoms with Crippen LogP contribution in [0.4, 0.5) is 0 Å². The molecule has 4 heterocycles. The Hall–Kier alpha value is -11.0. The fourth-order valence-electron chi connectivity index (χ4n) is 12.0. The highest BCUT2D eigenvalue weighted by molar-refractivity contribution is 6.28. The van der Waals surface area contributed by atoms with Gasteiger partial charge in [0.25, 0.3) is 0 Å². The quantitative estimate of drug-likeness (QED) is 0.144. The normalized spacial score (nSPS) is 11.7. The first-order valence-corrected chi connectivity index (χ1v) is 27.3. The van der Waals surface area contributed by atoms with Crippen LogP contribution < -0.4 is 0 Å². The maximum Gasteiger partial charge on any atom is 0.164 e. The van der Waals surface area contributed by atoms with Gasteiger partial charge in [-0.15, -0.1) is 0 Å². The summed E-state index contributed by atoms with van der Waals surface area (Å²) in [6, 6.07) is 98.2. The summed E-state index contributed by atoms with van der Waals surface area (Å²) in [5.74, 6) is 1.70. The SMILES string of the molecule is c1ccc(-c2ccc(-c3nc(-c4cc(-c5ccccc5)cc(-c5ccccc5)c4)nc(-c4cc(-c5ccccc5)c(-n5c6ccccc6c6c7oc8c(ccc9oc%10ccccc%10c98)c7ccc65)c(-c5ccccc5)c4)n3)cc2)cc1. The highest BCUT2D eigenvalue weighted by atomic mass is 16.3. The number of furan rings is 2. The van der Waals surface area contributed by atoms with Crippen molar-refractivity contribution in [3.8, 4) is 95.5 Å². The number of hydrogen-bond acceptors (Lipinski definition) is 5. The average molecular weight is 1040 g/mol. The molecule has 12 aromatic carbocycles. The van der Waals surface area contributed by atoms with E-state index in [1.54, 1.807) is 0 Å². The van der Waals surface area contributed by atoms with Gasteiger partial charge in [0.15, 0.2) is 17.5 Å². The van der Waals surface area contributed by atoms with Gasteiger partial charge in [0.05, 0.1) is 27.5 Å². The Labute approximate surface area is 466 Å². The van der Waals surface area contributed by atoms with Gasteiger partial charge >= 0.3 is 0 Å². The molecule has 0 unspecified atom stereocenters. The van der Waals surface area contributed by atoms with Crippen molar-refractivity contribution < 1.29 is 8.83 Å². The van der Waals surface area contributed by atoms with E-state index in [4.69, 9.17) is 23.8 Å². The third kappa shape index (κ3) is 7.83. The van der Waals surface area contributed by atoms with E-state index < -0.39 is 0 Å². The van der Waals surface area contributed by atoms with Crippen molar-refractivity contribution >= 4 is 65.7 Å². The number of nitrogens with zero attached hydrogens (tertiary/aromatic N) is 4. The van der Waals surface area contributed by atoms with Gasteiger partial charge in [-0.2, -0.15) is 0 Å². The van der Waals surface area contributed by atoms with Gasteiger partial charge in [-0.05, 0) is 111 Å². The summed E-state index contributed by atoms with van der Waals surface area (Å²) in [5, 5.41) is 6.25. The van der Waals surface area contributed by atoms with Crippen LogP contribution in [0.25, 0.3) is 161 Å². The molecule has 81 heavy (non-hydrogen) atoms. The second-order valence-corrected chi connectivity index (χ2v) is 20.6. The molecule has 0 bridgehead atoms. The summed E-state index contributed by atoms with van der Waals surface area (Å²) in [5.41, 5.74) is 19.7. The summed E-state index contributed by atoms with van der Waals surface area (Å²) in [7, 11) is 0. The third-order valence-corrected chi connectivity index (χ3v) is 15.8. The smallest absolute Gasteiger partial charge is 0.164 e. The van der Waals surface area contributed by atoms with Gasteiger partial charge in [-0.1, -0.05) is 212 Å². The maximum atomic E-state index is 7.20. The summed E-state index contributed by atoms with van der Waals surface area (Å²) in [6.07, 6.45) is 0. The molecule has 0 aliphatic carbocycles. The second kappa shape index (κ2) is 18.9. The van der Waals surface area contributed by atoms with Gasteiger partial charge in [-0.25, -0.2) is 15.0 Å². The van der Waals surface area contributed by atoms with E-state index in [0.29, 0.717) is 17.5 Å². The van der Waals surface area contributed by atoms with Crippen molar-refractivity contribution in [2.75, 3.05) is 0 Å². The van der Waals surface area contributed by atoms with Crippen LogP contribution in [0.1, 0.15) is 0 Å². The van der Waals surface area contributed by atoms with Gasteiger partial charge in [0.2, 0.25) is 0 Å². The van der Waals surface area contributed by atoms with E-state index in [9.17, 15) is 0 Å². The summed E-state index contributed by atoms with van der Waals surface area (Å²) in [4.78, 5) is 16.4. The zero-order valence-corrected chi connectivity index (χ0v) is 43.7. The minimum absolute atomic E-state index is 0.554. The summed E-state index contributed by atoms with van der Waals surface area (Å²) in [6.45, 7) is 0. The maximum absolute atomic E-state index is 7.20. The van der Waals surface area contributed by atoms with E-state index in [2.05, 4.69) is 265 Å². The van der Waals surface area contributed by atoms with Gasteiger partial charge in [0.1, 0.15) is 22.3 Å². The van der Waals surface area contributed by atoms with Crippen LogP contribution in [0.15, 0.2) is 288 Å². The lowest BCUT2D eigenvalue weighted by molar-refractivity contribution is 0.664. The topological polar surface area (TPSA) is 69.9 Å². The first-order valence-electron chi connectivity index (χ1n) is 27.3. The molecule has 16 rings (SSSR count). The van der Waals surface area contributed by atoms with Gasteiger partial charge in [0, 0.05) is 49.4 Å². The standard InChI is InChI=1S/C75H46N4O2/c1-6-20-47(21-7-1)50-34-36-53(37-35-50)73-76-74(56-43-54(48-22-8-2-9-23-48)42-55(44-56)49-24-10-3-11-25-49)78-75(77-73)57-45-62(51-26-12-4-13-27-51)70(63(46-57)52-28-14-5-15-29-52)79-64-32-18-16-30-60(64)68-65(79)40-38-58-59-39-41-67-69(72(59)81-71(58)68)61-31-17-19-33-66(61)80-67/h1-46H. The average Bonchev–Trinajstić information content (AvgIpc) is 3.84. The molecular formula is C75H46N4O2. The molecule has 6 nitrogen and oxygen atoms in total. The lowest BCUT2D eigenvalue weighted by Crippen LogP contribution is -2.04. The van der Waals surface area contributed by atoms with E-state index in [-0.39, 0.29) is 0 Å². The highest BCUT2D eigenvalue weighted by Crippen LogP contribution is 2.48. The van der Waals surface area contributed by atoms with E-state index in [1.165, 1.54) is 0 Å². The van der Waals surface area contributed by atoms with Crippen LogP contribution in [-0.2, 0) is 0 Å². The largest absolute Gasteiger partial charge is 0.456 e. The molecule has 6 heteroatoms. The molecule has 0 fully saturated rings. The Morgan fingerprint density at radius 1 is 0.247 bits per heavy atom. The van der Waals surface area contributed by atoms with E-state index >= 15 is 0 Å². The molecule has 378 valence electrons. The number of para-hydroxylation sites is 2. The molecule has 4 aromatic heterocycles. The van der Waals surface area contributed by atoms with Crippen molar-refractivity contribution in [1.29, 1.82) is 0 Å². The Morgan fingerprint density at radius 2 is 0.667 bits per heavy atom. The zero-order chi connectivity index (χ0) is 53.4. The van der Waals surface area contributed by atoms with Gasteiger partial charge < -0.3 is 13.4 Å². The second-order valence-electron chi connectivity index (χ2n) is 20.6. The number of fused-ring (bicyclic) bond motifs is 11. The molecule has 0 amide bonds. The molecule has 0 N–H and O–H groups in total. The van der Waals surface area contributed by atoms with Crippen molar-refractivity contribution in [3.63, 3.8) is 0 Å². The van der Waals surface area contributed by atoms with Crippen LogP contribution in [0.2, 0.25) is 0 Å². The minimum atomic E-state index is 0.554. The molecule has 16 aromatic rings. The third-order valence-electron chi connectivity index (χ3n) is 15.8. The monoisotopic (exact) mass is 1030 g/mol. The Kier molecular flexibility index (Phi) is 10.8. The molecular weight excluding hydrogens is 989 g/mol. The van der Waals surface area contributed by atoms with E-state index in [0.717, 1.165) is 144 Å². The molecule has 0 spiro atoms. The van der Waals surface area contributed by atoms with Crippen LogP contribution in [-0.4, -0.2) is 19.5 Å². The zero-order valence-electron chi connectivity index (χ0n) is 43.7. The minimum Gasteiger partial charge on any atom is -0.456 e. The summed E-state index contributed by atoms with van der Waals surface area (Å²) < 4.78 is 16.0. The van der Waals surface area contributed by atoms with Crippen molar-refractivity contribution in [2.24, 2.45) is 0 Å². The number of rotatable bonds is 9. The molecule has 0 aliphatic rings. The molecule has 0 radical (unpaired) electrons. The predicted octanol–water partition coefficient (Wildman–Crippen LogP) is 20.1. The van der Waals surface area contributed by atoms with Crippen LogP contribution >= 0.6 is 0 Å². The highest BCUT2D eigenvalue weighted by Gasteiger charge is 2.26. The van der Waals surface area contributed by atoms with Crippen molar-refractivity contribution in [3.05, 3.63) is 279 Å². The molecule has 0 aliphatic heterocycles. The lowest BCUT2D eigenvalue weighted by Gasteiger charge is -2.21. The fourth-order valence-corrected chi connectivity index (χ4v) is 12.0. The number of aromatic nitrogens is 4. The first-order chi connectivity index (χ1) is 40.1. The Bertz CT molecular complexity index is 4950. The first kappa shape index (κ1) is 46.2. The van der Waals surface area contributed by atoms with Crippen molar-refractivity contribution in [2.45, 2.75) is 0 Å². The Balaban J connectivity index is 0.968.